The van der Waals surface area contributed by atoms with Crippen LogP contribution in [0, 0.1) is 12.8 Å². The Balaban J connectivity index is 1.79. The van der Waals surface area contributed by atoms with Crippen molar-refractivity contribution in [1.29, 1.82) is 0 Å². The number of phenols is 1. The molecule has 2 aliphatic heterocycles. The summed E-state index contributed by atoms with van der Waals surface area (Å²) in [6, 6.07) is 15.1. The fraction of sp³-hybridized carbons (Fsp3) is 0.286. The molecular formula is C21H23N3O2. The summed E-state index contributed by atoms with van der Waals surface area (Å²) in [5.41, 5.74) is 9.48. The number of likely N-dealkylation sites (tertiary alicyclic amines) is 1. The fourth-order valence-corrected chi connectivity index (χ4v) is 4.22. The summed E-state index contributed by atoms with van der Waals surface area (Å²) >= 11 is 0. The minimum Gasteiger partial charge on any atom is -0.508 e. The summed E-state index contributed by atoms with van der Waals surface area (Å²) < 4.78 is 0. The third-order valence-electron chi connectivity index (χ3n) is 5.43. The Morgan fingerprint density at radius 3 is 2.50 bits per heavy atom. The van der Waals surface area contributed by atoms with Gasteiger partial charge in [0.25, 0.3) is 0 Å². The predicted octanol–water partition coefficient (Wildman–Crippen LogP) is 2.60. The topological polar surface area (TPSA) is 64.6 Å². The van der Waals surface area contributed by atoms with Crippen LogP contribution in [0.3, 0.4) is 0 Å². The van der Waals surface area contributed by atoms with Crippen molar-refractivity contribution in [3.05, 3.63) is 77.9 Å². The van der Waals surface area contributed by atoms with Crippen molar-refractivity contribution in [2.45, 2.75) is 25.0 Å². The average molecular weight is 349 g/mol. The number of aryl methyl sites for hydroxylation is 1. The standard InChI is InChI=1S/C21H23N3O2/c1-3-12-24-20(14-10-8-13(2)9-11-14)17-18(22-23-19(17)21(24)26)15-6-4-5-7-16(15)25/h3-11,17-20,22-23,25H,1,12H2,2H3. The molecule has 2 saturated heterocycles. The number of nitrogens with zero attached hydrogens (tertiary/aromatic N) is 1. The van der Waals surface area contributed by atoms with Crippen molar-refractivity contribution in [2.24, 2.45) is 5.92 Å². The number of hydrazine groups is 1. The van der Waals surface area contributed by atoms with E-state index >= 15 is 0 Å². The molecule has 2 aromatic rings. The lowest BCUT2D eigenvalue weighted by Crippen LogP contribution is -2.41. The van der Waals surface area contributed by atoms with E-state index in [9.17, 15) is 9.90 Å². The second kappa shape index (κ2) is 6.59. The van der Waals surface area contributed by atoms with Crippen molar-refractivity contribution < 1.29 is 9.90 Å². The smallest absolute Gasteiger partial charge is 0.242 e. The maximum Gasteiger partial charge on any atom is 0.242 e. The van der Waals surface area contributed by atoms with Gasteiger partial charge >= 0.3 is 0 Å². The Bertz CT molecular complexity index is 833. The maximum atomic E-state index is 13.0. The molecule has 0 radical (unpaired) electrons. The molecule has 5 heteroatoms. The van der Waals surface area contributed by atoms with Crippen molar-refractivity contribution in [2.75, 3.05) is 6.54 Å². The molecular weight excluding hydrogens is 326 g/mol. The summed E-state index contributed by atoms with van der Waals surface area (Å²) in [4.78, 5) is 14.9. The lowest BCUT2D eigenvalue weighted by molar-refractivity contribution is -0.130. The van der Waals surface area contributed by atoms with Gasteiger partial charge in [-0.3, -0.25) is 4.79 Å². The molecule has 2 fully saturated rings. The van der Waals surface area contributed by atoms with Gasteiger partial charge in [-0.2, -0.15) is 0 Å². The highest BCUT2D eigenvalue weighted by atomic mass is 16.3. The molecule has 26 heavy (non-hydrogen) atoms. The second-order valence-corrected chi connectivity index (χ2v) is 7.01. The van der Waals surface area contributed by atoms with Gasteiger partial charge < -0.3 is 10.0 Å². The molecule has 0 aromatic heterocycles. The minimum atomic E-state index is -0.328. The minimum absolute atomic E-state index is 0.0292. The highest BCUT2D eigenvalue weighted by molar-refractivity contribution is 5.86. The average Bonchev–Trinajstić information content (AvgIpc) is 3.17. The molecule has 3 N–H and O–H groups in total. The van der Waals surface area contributed by atoms with Gasteiger partial charge in [-0.05, 0) is 18.6 Å². The van der Waals surface area contributed by atoms with Crippen LogP contribution in [-0.4, -0.2) is 28.5 Å². The highest BCUT2D eigenvalue weighted by Crippen LogP contribution is 2.48. The van der Waals surface area contributed by atoms with Crippen LogP contribution >= 0.6 is 0 Å². The van der Waals surface area contributed by atoms with Gasteiger partial charge in [-0.25, -0.2) is 10.9 Å². The predicted molar refractivity (Wildman–Crippen MR) is 100 cm³/mol. The zero-order chi connectivity index (χ0) is 18.3. The van der Waals surface area contributed by atoms with Crippen molar-refractivity contribution >= 4 is 5.91 Å². The number of carbonyl (C=O) groups is 1. The van der Waals surface area contributed by atoms with E-state index in [0.29, 0.717) is 6.54 Å². The number of carbonyl (C=O) groups excluding carboxylic acids is 1. The van der Waals surface area contributed by atoms with Crippen LogP contribution in [0.25, 0.3) is 0 Å². The number of amides is 1. The van der Waals surface area contributed by atoms with E-state index in [-0.39, 0.29) is 35.7 Å². The molecule has 2 aromatic carbocycles. The number of hydrogen-bond acceptors (Lipinski definition) is 4. The first-order valence-electron chi connectivity index (χ1n) is 8.88. The first kappa shape index (κ1) is 16.8. The number of hydrogen-bond donors (Lipinski definition) is 3. The number of phenolic OH excluding ortho intramolecular Hbond substituents is 1. The van der Waals surface area contributed by atoms with E-state index < -0.39 is 0 Å². The molecule has 0 spiro atoms. The SMILES string of the molecule is C=CCN1C(=O)C2NNC(c3ccccc3O)C2C1c1ccc(C)cc1. The Labute approximate surface area is 153 Å². The molecule has 0 bridgehead atoms. The van der Waals surface area contributed by atoms with Crippen LogP contribution in [-0.2, 0) is 4.79 Å². The first-order valence-corrected chi connectivity index (χ1v) is 8.88. The number of nitrogens with one attached hydrogen (secondary N) is 2. The molecule has 0 saturated carbocycles. The second-order valence-electron chi connectivity index (χ2n) is 7.01. The van der Waals surface area contributed by atoms with E-state index in [4.69, 9.17) is 0 Å². The summed E-state index contributed by atoms with van der Waals surface area (Å²) in [6.45, 7) is 6.37. The van der Waals surface area contributed by atoms with E-state index in [0.717, 1.165) is 11.1 Å². The van der Waals surface area contributed by atoms with E-state index in [1.165, 1.54) is 5.56 Å². The van der Waals surface area contributed by atoms with Crippen LogP contribution in [0.2, 0.25) is 0 Å². The Hall–Kier alpha value is -2.63. The lowest BCUT2D eigenvalue weighted by atomic mass is 9.83. The third-order valence-corrected chi connectivity index (χ3v) is 5.43. The maximum absolute atomic E-state index is 13.0. The van der Waals surface area contributed by atoms with Crippen molar-refractivity contribution in [1.82, 2.24) is 15.8 Å². The molecule has 4 atom stereocenters. The summed E-state index contributed by atoms with van der Waals surface area (Å²) in [7, 11) is 0. The Kier molecular flexibility index (Phi) is 4.26. The number of aromatic hydroxyl groups is 1. The van der Waals surface area contributed by atoms with Gasteiger partial charge in [-0.1, -0.05) is 54.1 Å². The summed E-state index contributed by atoms with van der Waals surface area (Å²) in [5, 5.41) is 10.3. The third kappa shape index (κ3) is 2.60. The lowest BCUT2D eigenvalue weighted by Gasteiger charge is -2.31. The quantitative estimate of drug-likeness (QED) is 0.743. The molecule has 4 unspecified atom stereocenters. The molecule has 2 heterocycles. The fourth-order valence-electron chi connectivity index (χ4n) is 4.22. The number of rotatable bonds is 4. The van der Waals surface area contributed by atoms with Crippen LogP contribution in [0.5, 0.6) is 5.75 Å². The van der Waals surface area contributed by atoms with E-state index in [1.54, 1.807) is 18.2 Å². The van der Waals surface area contributed by atoms with Gasteiger partial charge in [0.15, 0.2) is 0 Å². The van der Waals surface area contributed by atoms with Crippen LogP contribution < -0.4 is 10.9 Å². The van der Waals surface area contributed by atoms with Crippen LogP contribution in [0.1, 0.15) is 28.8 Å². The van der Waals surface area contributed by atoms with Crippen LogP contribution in [0.15, 0.2) is 61.2 Å². The van der Waals surface area contributed by atoms with Gasteiger partial charge in [0.2, 0.25) is 5.91 Å². The Morgan fingerprint density at radius 2 is 1.81 bits per heavy atom. The van der Waals surface area contributed by atoms with Gasteiger partial charge in [0.1, 0.15) is 11.8 Å². The first-order chi connectivity index (χ1) is 12.6. The molecule has 2 aliphatic rings. The normalized spacial score (nSPS) is 27.6. The van der Waals surface area contributed by atoms with Gasteiger partial charge in [0.05, 0.1) is 12.1 Å². The number of fused-ring (bicyclic) bond motifs is 1. The van der Waals surface area contributed by atoms with E-state index in [1.807, 2.05) is 17.0 Å². The molecule has 0 aliphatic carbocycles. The molecule has 1 amide bonds. The number of benzene rings is 2. The van der Waals surface area contributed by atoms with Gasteiger partial charge in [-0.15, -0.1) is 6.58 Å². The highest BCUT2D eigenvalue weighted by Gasteiger charge is 2.55. The number of para-hydroxylation sites is 1. The zero-order valence-electron chi connectivity index (χ0n) is 14.7. The van der Waals surface area contributed by atoms with Crippen LogP contribution in [0.4, 0.5) is 0 Å². The largest absolute Gasteiger partial charge is 0.508 e. The Morgan fingerprint density at radius 1 is 1.12 bits per heavy atom. The molecule has 4 rings (SSSR count). The molecule has 134 valence electrons. The summed E-state index contributed by atoms with van der Waals surface area (Å²) in [6.07, 6.45) is 1.77. The van der Waals surface area contributed by atoms with Crippen molar-refractivity contribution in [3.63, 3.8) is 0 Å². The molecule has 5 nitrogen and oxygen atoms in total. The monoisotopic (exact) mass is 349 g/mol. The zero-order valence-corrected chi connectivity index (χ0v) is 14.7. The summed E-state index contributed by atoms with van der Waals surface area (Å²) in [5.74, 6) is 0.272. The van der Waals surface area contributed by atoms with E-state index in [2.05, 4.69) is 48.6 Å². The van der Waals surface area contributed by atoms with Crippen molar-refractivity contribution in [3.8, 4) is 5.75 Å². The van der Waals surface area contributed by atoms with Gasteiger partial charge in [0, 0.05) is 18.0 Å².